The third-order valence-electron chi connectivity index (χ3n) is 5.73. The highest BCUT2D eigenvalue weighted by molar-refractivity contribution is 6.31. The zero-order chi connectivity index (χ0) is 24.5. The number of carbonyl (C=O) groups excluding carboxylic acids is 1. The van der Waals surface area contributed by atoms with Gasteiger partial charge in [-0.05, 0) is 67.8 Å². The highest BCUT2D eigenvalue weighted by atomic mass is 35.5. The summed E-state index contributed by atoms with van der Waals surface area (Å²) in [5.74, 6) is 2.16. The minimum Gasteiger partial charge on any atom is -0.492 e. The molecule has 0 fully saturated rings. The molecule has 3 aromatic rings. The van der Waals surface area contributed by atoms with E-state index in [1.54, 1.807) is 0 Å². The van der Waals surface area contributed by atoms with Crippen molar-refractivity contribution in [3.63, 3.8) is 0 Å². The van der Waals surface area contributed by atoms with Crippen molar-refractivity contribution in [1.29, 1.82) is 0 Å². The molecule has 1 amide bonds. The van der Waals surface area contributed by atoms with E-state index >= 15 is 0 Å². The van der Waals surface area contributed by atoms with E-state index in [4.69, 9.17) is 21.3 Å². The second kappa shape index (κ2) is 12.8. The summed E-state index contributed by atoms with van der Waals surface area (Å²) in [5, 5.41) is 3.93. The van der Waals surface area contributed by atoms with Crippen LogP contribution >= 0.6 is 11.6 Å². The van der Waals surface area contributed by atoms with Crippen molar-refractivity contribution in [2.75, 3.05) is 26.2 Å². The second-order valence-corrected chi connectivity index (χ2v) is 9.38. The molecule has 0 radical (unpaired) electrons. The van der Waals surface area contributed by atoms with Gasteiger partial charge in [0.15, 0.2) is 0 Å². The molecular formula is C27H37ClN4O2. The number of nitrogens with zero attached hydrogens (tertiary/aromatic N) is 3. The minimum absolute atomic E-state index is 0.00740. The molecule has 1 aromatic heterocycles. The van der Waals surface area contributed by atoms with Gasteiger partial charge in [-0.1, -0.05) is 39.3 Å². The molecule has 184 valence electrons. The van der Waals surface area contributed by atoms with Crippen molar-refractivity contribution in [2.45, 2.75) is 53.6 Å². The second-order valence-electron chi connectivity index (χ2n) is 8.95. The average Bonchev–Trinajstić information content (AvgIpc) is 3.15. The summed E-state index contributed by atoms with van der Waals surface area (Å²) in [6, 6.07) is 13.2. The fourth-order valence-corrected chi connectivity index (χ4v) is 4.04. The first-order chi connectivity index (χ1) is 16.4. The first-order valence-electron chi connectivity index (χ1n) is 12.3. The third-order valence-corrected chi connectivity index (χ3v) is 5.97. The highest BCUT2D eigenvalue weighted by Crippen LogP contribution is 2.23. The van der Waals surface area contributed by atoms with Crippen LogP contribution in [0.1, 0.15) is 56.7 Å². The largest absolute Gasteiger partial charge is 0.492 e. The molecule has 0 aliphatic rings. The van der Waals surface area contributed by atoms with Gasteiger partial charge in [-0.25, -0.2) is 4.98 Å². The lowest BCUT2D eigenvalue weighted by molar-refractivity contribution is 0.0729. The van der Waals surface area contributed by atoms with Gasteiger partial charge in [0.1, 0.15) is 18.2 Å². The molecule has 0 atom stereocenters. The third kappa shape index (κ3) is 6.97. The minimum atomic E-state index is 0.00740. The number of imidazole rings is 1. The Kier molecular flexibility index (Phi) is 9.78. The summed E-state index contributed by atoms with van der Waals surface area (Å²) in [4.78, 5) is 20.3. The Bertz CT molecular complexity index is 1060. The predicted octanol–water partition coefficient (Wildman–Crippen LogP) is 5.78. The zero-order valence-corrected chi connectivity index (χ0v) is 21.6. The van der Waals surface area contributed by atoms with Gasteiger partial charge >= 0.3 is 0 Å². The average molecular weight is 485 g/mol. The van der Waals surface area contributed by atoms with E-state index < -0.39 is 0 Å². The van der Waals surface area contributed by atoms with E-state index in [9.17, 15) is 4.79 Å². The van der Waals surface area contributed by atoms with E-state index in [-0.39, 0.29) is 5.91 Å². The number of amides is 1. The van der Waals surface area contributed by atoms with Gasteiger partial charge in [-0.2, -0.15) is 0 Å². The number of carbonyl (C=O) groups is 1. The molecule has 1 N–H and O–H groups in total. The topological polar surface area (TPSA) is 59.4 Å². The normalized spacial score (nSPS) is 11.4. The van der Waals surface area contributed by atoms with Crippen LogP contribution in [0.5, 0.6) is 5.75 Å². The van der Waals surface area contributed by atoms with Crippen LogP contribution in [0.3, 0.4) is 0 Å². The molecular weight excluding hydrogens is 448 g/mol. The Balaban J connectivity index is 1.81. The van der Waals surface area contributed by atoms with Gasteiger partial charge in [0.05, 0.1) is 17.6 Å². The molecule has 0 aliphatic heterocycles. The van der Waals surface area contributed by atoms with Crippen LogP contribution in [0.4, 0.5) is 0 Å². The Labute approximate surface area is 208 Å². The van der Waals surface area contributed by atoms with Gasteiger partial charge in [-0.3, -0.25) is 4.79 Å². The van der Waals surface area contributed by atoms with Gasteiger partial charge in [0.25, 0.3) is 5.91 Å². The molecule has 3 rings (SSSR count). The number of benzene rings is 2. The SMILES string of the molecule is CCCn1c(CN(CCC(C)C)C(=O)c2ccc(OCCNCC)cc2)nc2ccc(Cl)cc21. The standard InChI is InChI=1S/C27H37ClN4O2/c1-5-15-32-25-18-22(28)9-12-24(25)30-26(32)19-31(16-13-20(3)4)27(33)21-7-10-23(11-8-21)34-17-14-29-6-2/h7-12,18,20,29H,5-6,13-17,19H2,1-4H3. The summed E-state index contributed by atoms with van der Waals surface area (Å²) in [6.45, 7) is 12.8. The van der Waals surface area contributed by atoms with E-state index in [2.05, 4.69) is 37.6 Å². The van der Waals surface area contributed by atoms with Crippen molar-refractivity contribution in [1.82, 2.24) is 19.8 Å². The van der Waals surface area contributed by atoms with Gasteiger partial charge in [0, 0.05) is 30.2 Å². The van der Waals surface area contributed by atoms with Crippen molar-refractivity contribution in [3.05, 3.63) is 58.9 Å². The first-order valence-corrected chi connectivity index (χ1v) is 12.7. The maximum absolute atomic E-state index is 13.5. The molecule has 0 saturated carbocycles. The number of aromatic nitrogens is 2. The molecule has 6 nitrogen and oxygen atoms in total. The van der Waals surface area contributed by atoms with Crippen LogP contribution in [0.25, 0.3) is 11.0 Å². The number of likely N-dealkylation sites (N-methyl/N-ethyl adjacent to an activating group) is 1. The van der Waals surface area contributed by atoms with Crippen molar-refractivity contribution >= 4 is 28.5 Å². The Morgan fingerprint density at radius 3 is 2.62 bits per heavy atom. The maximum atomic E-state index is 13.5. The summed E-state index contributed by atoms with van der Waals surface area (Å²) in [6.07, 6.45) is 1.90. The summed E-state index contributed by atoms with van der Waals surface area (Å²) in [7, 11) is 0. The number of ether oxygens (including phenoxy) is 1. The number of hydrogen-bond acceptors (Lipinski definition) is 4. The number of rotatable bonds is 13. The monoisotopic (exact) mass is 484 g/mol. The molecule has 34 heavy (non-hydrogen) atoms. The summed E-state index contributed by atoms with van der Waals surface area (Å²) in [5.41, 5.74) is 2.58. The van der Waals surface area contributed by atoms with E-state index in [1.807, 2.05) is 47.4 Å². The molecule has 2 aromatic carbocycles. The lowest BCUT2D eigenvalue weighted by Crippen LogP contribution is -2.33. The van der Waals surface area contributed by atoms with Gasteiger partial charge in [-0.15, -0.1) is 0 Å². The van der Waals surface area contributed by atoms with Crippen LogP contribution in [-0.4, -0.2) is 46.6 Å². The van der Waals surface area contributed by atoms with Gasteiger partial charge < -0.3 is 19.5 Å². The number of hydrogen-bond donors (Lipinski definition) is 1. The fraction of sp³-hybridized carbons (Fsp3) is 0.481. The maximum Gasteiger partial charge on any atom is 0.254 e. The lowest BCUT2D eigenvalue weighted by atomic mass is 10.1. The number of aryl methyl sites for hydroxylation is 1. The Morgan fingerprint density at radius 2 is 1.94 bits per heavy atom. The van der Waals surface area contributed by atoms with E-state index in [1.165, 1.54) is 0 Å². The van der Waals surface area contributed by atoms with Gasteiger partial charge in [0.2, 0.25) is 0 Å². The zero-order valence-electron chi connectivity index (χ0n) is 20.8. The van der Waals surface area contributed by atoms with Crippen molar-refractivity contribution in [2.24, 2.45) is 5.92 Å². The lowest BCUT2D eigenvalue weighted by Gasteiger charge is -2.24. The quantitative estimate of drug-likeness (QED) is 0.312. The molecule has 0 aliphatic carbocycles. The van der Waals surface area contributed by atoms with E-state index in [0.717, 1.165) is 55.1 Å². The van der Waals surface area contributed by atoms with E-state index in [0.29, 0.717) is 36.2 Å². The number of fused-ring (bicyclic) bond motifs is 1. The Morgan fingerprint density at radius 1 is 1.18 bits per heavy atom. The molecule has 0 unspecified atom stereocenters. The fourth-order valence-electron chi connectivity index (χ4n) is 3.87. The predicted molar refractivity (Wildman–Crippen MR) is 140 cm³/mol. The van der Waals surface area contributed by atoms with Crippen LogP contribution < -0.4 is 10.1 Å². The van der Waals surface area contributed by atoms with Crippen molar-refractivity contribution in [3.8, 4) is 5.75 Å². The molecule has 0 saturated heterocycles. The molecule has 1 heterocycles. The smallest absolute Gasteiger partial charge is 0.254 e. The Hall–Kier alpha value is -2.57. The van der Waals surface area contributed by atoms with Crippen LogP contribution in [0.2, 0.25) is 5.02 Å². The molecule has 0 bridgehead atoms. The van der Waals surface area contributed by atoms with Crippen LogP contribution in [-0.2, 0) is 13.1 Å². The summed E-state index contributed by atoms with van der Waals surface area (Å²) >= 11 is 6.26. The summed E-state index contributed by atoms with van der Waals surface area (Å²) < 4.78 is 7.94. The first kappa shape index (κ1) is 26.0. The molecule has 0 spiro atoms. The van der Waals surface area contributed by atoms with Crippen LogP contribution in [0, 0.1) is 5.92 Å². The highest BCUT2D eigenvalue weighted by Gasteiger charge is 2.20. The number of nitrogens with one attached hydrogen (secondary N) is 1. The molecule has 7 heteroatoms. The number of halogens is 1. The van der Waals surface area contributed by atoms with Crippen LogP contribution in [0.15, 0.2) is 42.5 Å². The van der Waals surface area contributed by atoms with Crippen molar-refractivity contribution < 1.29 is 9.53 Å².